The number of carbonyl (C=O) groups is 3. The molecule has 0 spiro atoms. The fourth-order valence-electron chi connectivity index (χ4n) is 3.24. The Morgan fingerprint density at radius 3 is 2.59 bits per heavy atom. The van der Waals surface area contributed by atoms with Crippen molar-refractivity contribution in [3.05, 3.63) is 35.7 Å². The number of ether oxygens (including phenoxy) is 1. The minimum atomic E-state index is -4.21. The number of pyridine rings is 1. The molecule has 2 aliphatic heterocycles. The van der Waals surface area contributed by atoms with Crippen molar-refractivity contribution in [2.45, 2.75) is 30.0 Å². The van der Waals surface area contributed by atoms with E-state index in [1.807, 2.05) is 0 Å². The van der Waals surface area contributed by atoms with Crippen molar-refractivity contribution in [3.8, 4) is 0 Å². The summed E-state index contributed by atoms with van der Waals surface area (Å²) in [5.41, 5.74) is 0.283. The van der Waals surface area contributed by atoms with Crippen LogP contribution in [0.1, 0.15) is 19.5 Å². The normalized spacial score (nSPS) is 29.5. The average Bonchev–Trinajstić information content (AvgIpc) is 2.74. The van der Waals surface area contributed by atoms with Gasteiger partial charge in [0.15, 0.2) is 15.2 Å². The Morgan fingerprint density at radius 1 is 1.41 bits per heavy atom. The summed E-state index contributed by atoms with van der Waals surface area (Å²) in [6.45, 7) is 1.52. The largest absolute Gasteiger partial charge is 1.00 e. The topological polar surface area (TPSA) is 134 Å². The van der Waals surface area contributed by atoms with Gasteiger partial charge in [-0.3, -0.25) is 14.6 Å². The molecule has 3 heterocycles. The molecule has 2 aliphatic rings. The molecule has 2 saturated heterocycles. The monoisotopic (exact) mass is 402 g/mol. The number of carboxylic acids is 1. The fourth-order valence-corrected chi connectivity index (χ4v) is 5.52. The Hall–Kier alpha value is -1.75. The van der Waals surface area contributed by atoms with Gasteiger partial charge in [0.1, 0.15) is 11.4 Å². The maximum absolute atomic E-state index is 13.0. The van der Waals surface area contributed by atoms with Gasteiger partial charge in [-0.15, -0.1) is 0 Å². The fraction of sp³-hybridized carbons (Fsp3) is 0.375. The Kier molecular flexibility index (Phi) is 5.86. The molecule has 9 nitrogen and oxygen atoms in total. The molecular formula is C16H15N2NaO7S. The van der Waals surface area contributed by atoms with Crippen molar-refractivity contribution in [2.75, 3.05) is 6.61 Å². The van der Waals surface area contributed by atoms with Gasteiger partial charge in [0.2, 0.25) is 0 Å². The maximum atomic E-state index is 13.0. The molecule has 0 aromatic carbocycles. The number of nitrogens with zero attached hydrogens (tertiary/aromatic N) is 2. The predicted octanol–water partition coefficient (Wildman–Crippen LogP) is -4.49. The number of aliphatic carboxylic acids is 1. The smallest absolute Gasteiger partial charge is 0.548 e. The second-order valence-electron chi connectivity index (χ2n) is 6.28. The number of carboxylic acid groups (broad SMARTS) is 1. The molecule has 0 radical (unpaired) electrons. The predicted molar refractivity (Wildman–Crippen MR) is 85.6 cm³/mol. The Balaban J connectivity index is 0.00000261. The van der Waals surface area contributed by atoms with Crippen LogP contribution in [0, 0.1) is 0 Å². The minimum Gasteiger partial charge on any atom is -0.548 e. The van der Waals surface area contributed by atoms with Crippen LogP contribution < -0.4 is 34.7 Å². The number of amides is 1. The number of carbonyl (C=O) groups excluding carboxylic acids is 3. The summed E-state index contributed by atoms with van der Waals surface area (Å²) in [6.07, 6.45) is 2.79. The van der Waals surface area contributed by atoms with Gasteiger partial charge in [-0.25, -0.2) is 8.42 Å². The van der Waals surface area contributed by atoms with Crippen molar-refractivity contribution in [3.63, 3.8) is 0 Å². The molecule has 1 amide bonds. The molecule has 2 fully saturated rings. The van der Waals surface area contributed by atoms with Crippen LogP contribution in [-0.4, -0.2) is 58.9 Å². The maximum Gasteiger partial charge on any atom is 1.00 e. The summed E-state index contributed by atoms with van der Waals surface area (Å²) in [5.74, 6) is -3.22. The Bertz CT molecular complexity index is 931. The van der Waals surface area contributed by atoms with Crippen LogP contribution >= 0.6 is 0 Å². The summed E-state index contributed by atoms with van der Waals surface area (Å²) in [7, 11) is -4.21. The third kappa shape index (κ3) is 3.20. The number of esters is 1. The third-order valence-corrected chi connectivity index (χ3v) is 7.29. The molecule has 3 atom stereocenters. The standard InChI is InChI=1S/C16H16N2O7S.Na/c1-9(19)25-8-16(2)12(15(21)22)18-13(20)11(14(18)26(16,23)24)7-10-5-3-4-6-17-10;/h3-7,12,14H,8H2,1-2H3,(H,21,22);/q;+1/p-1/b11-7-;/t12-,14+,16-;/m0./s1. The molecule has 1 aromatic heterocycles. The van der Waals surface area contributed by atoms with Gasteiger partial charge in [0, 0.05) is 13.1 Å². The zero-order valence-corrected chi connectivity index (χ0v) is 17.7. The number of fused-ring (bicyclic) bond motifs is 1. The van der Waals surface area contributed by atoms with Crippen LogP contribution in [0.15, 0.2) is 30.0 Å². The van der Waals surface area contributed by atoms with Crippen LogP contribution in [0.2, 0.25) is 0 Å². The van der Waals surface area contributed by atoms with Crippen molar-refractivity contribution in [2.24, 2.45) is 0 Å². The Morgan fingerprint density at radius 2 is 2.07 bits per heavy atom. The molecule has 0 bridgehead atoms. The van der Waals surface area contributed by atoms with Crippen LogP contribution in [0.25, 0.3) is 6.08 Å². The summed E-state index contributed by atoms with van der Waals surface area (Å²) in [4.78, 5) is 39.9. The van der Waals surface area contributed by atoms with Gasteiger partial charge in [-0.1, -0.05) is 6.07 Å². The number of hydrogen-bond acceptors (Lipinski definition) is 8. The quantitative estimate of drug-likeness (QED) is 0.213. The average molecular weight is 402 g/mol. The first kappa shape index (κ1) is 21.5. The minimum absolute atomic E-state index is 0. The number of aromatic nitrogens is 1. The zero-order chi connectivity index (χ0) is 19.3. The van der Waals surface area contributed by atoms with E-state index in [0.717, 1.165) is 18.7 Å². The van der Waals surface area contributed by atoms with E-state index in [1.165, 1.54) is 12.3 Å². The molecule has 27 heavy (non-hydrogen) atoms. The molecule has 138 valence electrons. The van der Waals surface area contributed by atoms with E-state index in [0.29, 0.717) is 5.69 Å². The van der Waals surface area contributed by atoms with Gasteiger partial charge < -0.3 is 19.5 Å². The van der Waals surface area contributed by atoms with Crippen molar-refractivity contribution < 1.29 is 62.2 Å². The number of β-lactam (4-membered cyclic amide) rings is 1. The first-order valence-corrected chi connectivity index (χ1v) is 9.19. The van der Waals surface area contributed by atoms with E-state index in [9.17, 15) is 27.9 Å². The number of sulfone groups is 1. The second kappa shape index (κ2) is 7.34. The number of rotatable bonds is 4. The zero-order valence-electron chi connectivity index (χ0n) is 14.9. The molecule has 0 aliphatic carbocycles. The van der Waals surface area contributed by atoms with Crippen LogP contribution in [-0.2, 0) is 29.0 Å². The Labute approximate surface area is 177 Å². The SMILES string of the molecule is CC(=O)OC[C@@]1(C)[C@H](C(=O)[O-])N2C(=O)/C(=C/c3ccccn3)[C@H]2S1(=O)=O.[Na+]. The van der Waals surface area contributed by atoms with Crippen molar-refractivity contribution in [1.82, 2.24) is 9.88 Å². The van der Waals surface area contributed by atoms with Crippen molar-refractivity contribution in [1.29, 1.82) is 0 Å². The van der Waals surface area contributed by atoms with Crippen molar-refractivity contribution >= 4 is 33.8 Å². The molecule has 1 aromatic rings. The van der Waals surface area contributed by atoms with E-state index in [1.54, 1.807) is 18.2 Å². The summed E-state index contributed by atoms with van der Waals surface area (Å²) >= 11 is 0. The van der Waals surface area contributed by atoms with E-state index in [2.05, 4.69) is 4.98 Å². The van der Waals surface area contributed by atoms with Gasteiger partial charge in [-0.2, -0.15) is 0 Å². The third-order valence-electron chi connectivity index (χ3n) is 4.58. The van der Waals surface area contributed by atoms with Crippen LogP contribution in [0.4, 0.5) is 0 Å². The molecule has 3 rings (SSSR count). The van der Waals surface area contributed by atoms with E-state index < -0.39 is 50.5 Å². The number of hydrogen-bond donors (Lipinski definition) is 0. The van der Waals surface area contributed by atoms with Gasteiger partial charge in [0.25, 0.3) is 5.91 Å². The van der Waals surface area contributed by atoms with Crippen LogP contribution in [0.3, 0.4) is 0 Å². The van der Waals surface area contributed by atoms with Gasteiger partial charge in [-0.05, 0) is 25.1 Å². The second-order valence-corrected chi connectivity index (χ2v) is 8.75. The molecular weight excluding hydrogens is 387 g/mol. The first-order chi connectivity index (χ1) is 12.1. The molecule has 0 N–H and O–H groups in total. The molecule has 11 heteroatoms. The van der Waals surface area contributed by atoms with E-state index in [4.69, 9.17) is 4.74 Å². The van der Waals surface area contributed by atoms with Gasteiger partial charge >= 0.3 is 35.5 Å². The van der Waals surface area contributed by atoms with E-state index in [-0.39, 0.29) is 35.1 Å². The molecule has 0 saturated carbocycles. The summed E-state index contributed by atoms with van der Waals surface area (Å²) in [5, 5.41) is 10.2. The van der Waals surface area contributed by atoms with Gasteiger partial charge in [0.05, 0.1) is 23.3 Å². The van der Waals surface area contributed by atoms with Crippen LogP contribution in [0.5, 0.6) is 0 Å². The summed E-state index contributed by atoms with van der Waals surface area (Å²) < 4.78 is 28.8. The summed E-state index contributed by atoms with van der Waals surface area (Å²) in [6, 6.07) is 3.15. The van der Waals surface area contributed by atoms with E-state index >= 15 is 0 Å². The molecule has 0 unspecified atom stereocenters. The first-order valence-electron chi connectivity index (χ1n) is 7.64.